The van der Waals surface area contributed by atoms with Gasteiger partial charge in [-0.25, -0.2) is 4.68 Å². The summed E-state index contributed by atoms with van der Waals surface area (Å²) >= 11 is 0. The van der Waals surface area contributed by atoms with Crippen molar-refractivity contribution in [3.05, 3.63) is 41.7 Å². The summed E-state index contributed by atoms with van der Waals surface area (Å²) in [6.45, 7) is 6.00. The van der Waals surface area contributed by atoms with Crippen molar-refractivity contribution in [1.82, 2.24) is 24.8 Å². The zero-order chi connectivity index (χ0) is 19.8. The first-order valence-corrected chi connectivity index (χ1v) is 9.74. The van der Waals surface area contributed by atoms with Gasteiger partial charge in [0.1, 0.15) is 5.75 Å². The largest absolute Gasteiger partial charge is 0.497 e. The normalized spacial score (nSPS) is 14.8. The van der Waals surface area contributed by atoms with Gasteiger partial charge in [0.25, 0.3) is 5.91 Å². The van der Waals surface area contributed by atoms with Crippen LogP contribution in [0.25, 0.3) is 0 Å². The maximum atomic E-state index is 12.6. The zero-order valence-corrected chi connectivity index (χ0v) is 16.7. The van der Waals surface area contributed by atoms with Gasteiger partial charge < -0.3 is 14.4 Å². The van der Waals surface area contributed by atoms with Crippen LogP contribution < -0.4 is 4.74 Å². The van der Waals surface area contributed by atoms with Crippen LogP contribution in [0.3, 0.4) is 0 Å². The maximum Gasteiger partial charge on any atom is 0.275 e. The highest BCUT2D eigenvalue weighted by Crippen LogP contribution is 2.12. The van der Waals surface area contributed by atoms with E-state index in [4.69, 9.17) is 9.47 Å². The van der Waals surface area contributed by atoms with E-state index in [0.29, 0.717) is 18.8 Å². The average Bonchev–Trinajstić information content (AvgIpc) is 3.20. The minimum atomic E-state index is -0.0904. The highest BCUT2D eigenvalue weighted by atomic mass is 16.5. The molecule has 28 heavy (non-hydrogen) atoms. The van der Waals surface area contributed by atoms with Gasteiger partial charge in [0, 0.05) is 26.7 Å². The van der Waals surface area contributed by atoms with Crippen LogP contribution in [0.5, 0.6) is 5.75 Å². The molecule has 0 radical (unpaired) electrons. The second-order valence-electron chi connectivity index (χ2n) is 7.04. The van der Waals surface area contributed by atoms with Gasteiger partial charge in [0.05, 0.1) is 33.1 Å². The summed E-state index contributed by atoms with van der Waals surface area (Å²) in [5, 5.41) is 8.13. The number of morpholine rings is 1. The molecule has 0 bridgehead atoms. The SMILES string of the molecule is COc1ccc(Cn2cc(C(=O)N(C)CCCCN3CCOCC3)nn2)cc1. The molecule has 1 amide bonds. The Hall–Kier alpha value is -2.45. The van der Waals surface area contributed by atoms with Gasteiger partial charge in [-0.3, -0.25) is 9.69 Å². The highest BCUT2D eigenvalue weighted by molar-refractivity contribution is 5.91. The number of benzene rings is 1. The zero-order valence-electron chi connectivity index (χ0n) is 16.7. The Bertz CT molecular complexity index is 741. The highest BCUT2D eigenvalue weighted by Gasteiger charge is 2.16. The van der Waals surface area contributed by atoms with Crippen LogP contribution in [-0.4, -0.2) is 84.3 Å². The van der Waals surface area contributed by atoms with Crippen molar-refractivity contribution < 1.29 is 14.3 Å². The second-order valence-corrected chi connectivity index (χ2v) is 7.04. The molecule has 0 atom stereocenters. The van der Waals surface area contributed by atoms with Crippen LogP contribution in [-0.2, 0) is 11.3 Å². The fourth-order valence-electron chi connectivity index (χ4n) is 3.20. The van der Waals surface area contributed by atoms with E-state index in [9.17, 15) is 4.79 Å². The molecule has 0 saturated carbocycles. The molecule has 8 nitrogen and oxygen atoms in total. The van der Waals surface area contributed by atoms with Gasteiger partial charge in [-0.1, -0.05) is 17.3 Å². The van der Waals surface area contributed by atoms with Gasteiger partial charge >= 0.3 is 0 Å². The number of rotatable bonds is 9. The molecule has 0 unspecified atom stereocenters. The molecule has 152 valence electrons. The predicted molar refractivity (Wildman–Crippen MR) is 106 cm³/mol. The number of hydrogen-bond donors (Lipinski definition) is 0. The van der Waals surface area contributed by atoms with Gasteiger partial charge in [0.2, 0.25) is 0 Å². The molecule has 1 aliphatic rings. The molecule has 2 heterocycles. The van der Waals surface area contributed by atoms with E-state index < -0.39 is 0 Å². The van der Waals surface area contributed by atoms with E-state index in [1.54, 1.807) is 22.9 Å². The molecule has 3 rings (SSSR count). The topological polar surface area (TPSA) is 72.7 Å². The molecule has 0 aliphatic carbocycles. The number of hydrogen-bond acceptors (Lipinski definition) is 6. The summed E-state index contributed by atoms with van der Waals surface area (Å²) in [5.74, 6) is 0.723. The van der Waals surface area contributed by atoms with Gasteiger partial charge in [-0.2, -0.15) is 0 Å². The van der Waals surface area contributed by atoms with E-state index in [-0.39, 0.29) is 5.91 Å². The molecule has 1 aromatic heterocycles. The predicted octanol–water partition coefficient (Wildman–Crippen LogP) is 1.52. The molecule has 0 N–H and O–H groups in total. The Morgan fingerprint density at radius 2 is 1.96 bits per heavy atom. The molecule has 0 spiro atoms. The Morgan fingerprint density at radius 1 is 1.21 bits per heavy atom. The first-order chi connectivity index (χ1) is 13.7. The van der Waals surface area contributed by atoms with Crippen molar-refractivity contribution >= 4 is 5.91 Å². The summed E-state index contributed by atoms with van der Waals surface area (Å²) in [7, 11) is 3.46. The van der Waals surface area contributed by atoms with E-state index in [2.05, 4.69) is 15.2 Å². The third-order valence-corrected chi connectivity index (χ3v) is 4.93. The third kappa shape index (κ3) is 5.77. The van der Waals surface area contributed by atoms with Crippen LogP contribution >= 0.6 is 0 Å². The van der Waals surface area contributed by atoms with Crippen molar-refractivity contribution in [3.8, 4) is 5.75 Å². The maximum absolute atomic E-state index is 12.6. The monoisotopic (exact) mass is 387 g/mol. The van der Waals surface area contributed by atoms with Crippen molar-refractivity contribution in [3.63, 3.8) is 0 Å². The number of carbonyl (C=O) groups is 1. The van der Waals surface area contributed by atoms with Crippen LogP contribution in [0.15, 0.2) is 30.5 Å². The molecule has 1 aliphatic heterocycles. The standard InChI is InChI=1S/C20H29N5O3/c1-23(9-3-4-10-24-11-13-28-14-12-24)20(26)19-16-25(22-21-19)15-17-5-7-18(27-2)8-6-17/h5-8,16H,3-4,9-15H2,1-2H3. The van der Waals surface area contributed by atoms with Gasteiger partial charge in [-0.05, 0) is 37.1 Å². The van der Waals surface area contributed by atoms with E-state index in [1.165, 1.54) is 0 Å². The lowest BCUT2D eigenvalue weighted by Crippen LogP contribution is -2.37. The van der Waals surface area contributed by atoms with Crippen molar-refractivity contribution in [2.45, 2.75) is 19.4 Å². The second kappa shape index (κ2) is 10.2. The molecular weight excluding hydrogens is 358 g/mol. The fourth-order valence-corrected chi connectivity index (χ4v) is 3.20. The smallest absolute Gasteiger partial charge is 0.275 e. The molecule has 1 aromatic carbocycles. The quantitative estimate of drug-likeness (QED) is 0.608. The third-order valence-electron chi connectivity index (χ3n) is 4.93. The fraction of sp³-hybridized carbons (Fsp3) is 0.550. The van der Waals surface area contributed by atoms with Crippen molar-refractivity contribution in [2.75, 3.05) is 53.6 Å². The number of amides is 1. The minimum absolute atomic E-state index is 0.0904. The lowest BCUT2D eigenvalue weighted by Gasteiger charge is -2.26. The minimum Gasteiger partial charge on any atom is -0.497 e. The number of nitrogens with zero attached hydrogens (tertiary/aromatic N) is 5. The number of ether oxygens (including phenoxy) is 2. The van der Waals surface area contributed by atoms with Crippen LogP contribution in [0.1, 0.15) is 28.9 Å². The summed E-state index contributed by atoms with van der Waals surface area (Å²) in [4.78, 5) is 16.7. The number of methoxy groups -OCH3 is 1. The average molecular weight is 387 g/mol. The number of carbonyl (C=O) groups excluding carboxylic acids is 1. The molecule has 1 fully saturated rings. The van der Waals surface area contributed by atoms with Crippen molar-refractivity contribution in [1.29, 1.82) is 0 Å². The van der Waals surface area contributed by atoms with Crippen LogP contribution in [0.4, 0.5) is 0 Å². The molecule has 1 saturated heterocycles. The Kier molecular flexibility index (Phi) is 7.39. The summed E-state index contributed by atoms with van der Waals surface area (Å²) in [6, 6.07) is 7.76. The van der Waals surface area contributed by atoms with E-state index >= 15 is 0 Å². The van der Waals surface area contributed by atoms with Gasteiger partial charge in [0.15, 0.2) is 5.69 Å². The summed E-state index contributed by atoms with van der Waals surface area (Å²) < 4.78 is 12.2. The number of unbranched alkanes of at least 4 members (excludes halogenated alkanes) is 1. The summed E-state index contributed by atoms with van der Waals surface area (Å²) in [6.07, 6.45) is 3.75. The lowest BCUT2D eigenvalue weighted by atomic mass is 10.2. The molecule has 2 aromatic rings. The molecular formula is C20H29N5O3. The first-order valence-electron chi connectivity index (χ1n) is 9.74. The molecule has 8 heteroatoms. The van der Waals surface area contributed by atoms with E-state index in [0.717, 1.165) is 57.0 Å². The lowest BCUT2D eigenvalue weighted by molar-refractivity contribution is 0.0369. The van der Waals surface area contributed by atoms with Crippen LogP contribution in [0, 0.1) is 0 Å². The Morgan fingerprint density at radius 3 is 2.68 bits per heavy atom. The number of aromatic nitrogens is 3. The van der Waals surface area contributed by atoms with Crippen LogP contribution in [0.2, 0.25) is 0 Å². The van der Waals surface area contributed by atoms with Crippen molar-refractivity contribution in [2.24, 2.45) is 0 Å². The Balaban J connectivity index is 1.43. The summed E-state index contributed by atoms with van der Waals surface area (Å²) in [5.41, 5.74) is 1.45. The first kappa shape index (κ1) is 20.3. The van der Waals surface area contributed by atoms with Gasteiger partial charge in [-0.15, -0.1) is 5.10 Å². The van der Waals surface area contributed by atoms with E-state index in [1.807, 2.05) is 31.3 Å². The Labute approximate surface area is 166 Å².